The predicted octanol–water partition coefficient (Wildman–Crippen LogP) is 5.08. The van der Waals surface area contributed by atoms with E-state index in [0.717, 1.165) is 22.5 Å². The second-order valence-electron chi connectivity index (χ2n) is 7.80. The molecule has 3 aromatic carbocycles. The molecule has 5 rings (SSSR count). The molecule has 2 aliphatic heterocycles. The van der Waals surface area contributed by atoms with E-state index in [0.29, 0.717) is 5.69 Å². The molecule has 0 saturated heterocycles. The first-order valence-electron chi connectivity index (χ1n) is 11.0. The van der Waals surface area contributed by atoms with Gasteiger partial charge in [-0.25, -0.2) is 14.8 Å². The zero-order chi connectivity index (χ0) is 24.6. The Labute approximate surface area is 205 Å². The highest BCUT2D eigenvalue weighted by Gasteiger charge is 2.56. The molecule has 2 aliphatic rings. The van der Waals surface area contributed by atoms with Gasteiger partial charge in [0.25, 0.3) is 5.69 Å². The molecule has 0 aromatic heterocycles. The highest BCUT2D eigenvalue weighted by atomic mass is 32.2. The summed E-state index contributed by atoms with van der Waals surface area (Å²) in [5, 5.41) is 24.7. The number of hydrogen-bond acceptors (Lipinski definition) is 9. The number of hydrogen-bond donors (Lipinski definition) is 0. The van der Waals surface area contributed by atoms with Crippen LogP contribution in [0.1, 0.15) is 25.0 Å². The summed E-state index contributed by atoms with van der Waals surface area (Å²) in [5.41, 5.74) is 3.65. The van der Waals surface area contributed by atoms with Crippen LogP contribution in [0.3, 0.4) is 0 Å². The third kappa shape index (κ3) is 3.71. The Morgan fingerprint density at radius 1 is 1.00 bits per heavy atom. The van der Waals surface area contributed by atoms with E-state index in [1.807, 2.05) is 66.5 Å². The maximum Gasteiger partial charge on any atom is 0.365 e. The molecule has 3 aromatic rings. The van der Waals surface area contributed by atoms with Gasteiger partial charge in [-0.2, -0.15) is 10.2 Å². The number of esters is 1. The first-order valence-corrected chi connectivity index (χ1v) is 11.8. The molecular formula is C25H21N5O4S. The maximum atomic E-state index is 12.9. The van der Waals surface area contributed by atoms with Gasteiger partial charge in [-0.15, -0.1) is 0 Å². The van der Waals surface area contributed by atoms with Crippen molar-refractivity contribution >= 4 is 45.5 Å². The van der Waals surface area contributed by atoms with Crippen molar-refractivity contribution in [1.82, 2.24) is 0 Å². The second kappa shape index (κ2) is 8.88. The van der Waals surface area contributed by atoms with E-state index in [1.165, 1.54) is 23.9 Å². The van der Waals surface area contributed by atoms with Crippen LogP contribution in [0.5, 0.6) is 0 Å². The number of carbonyl (C=O) groups is 1. The Kier molecular flexibility index (Phi) is 5.73. The number of nitro groups is 1. The van der Waals surface area contributed by atoms with Gasteiger partial charge >= 0.3 is 5.97 Å². The van der Waals surface area contributed by atoms with E-state index in [-0.39, 0.29) is 17.3 Å². The van der Waals surface area contributed by atoms with Crippen molar-refractivity contribution in [2.24, 2.45) is 10.2 Å². The second-order valence-corrected chi connectivity index (χ2v) is 8.96. The molecule has 1 atom stereocenters. The number of thioether (sulfide) groups is 1. The monoisotopic (exact) mass is 487 g/mol. The summed E-state index contributed by atoms with van der Waals surface area (Å²) < 4.78 is 5.28. The Bertz CT molecular complexity index is 1380. The van der Waals surface area contributed by atoms with Crippen LogP contribution in [-0.2, 0) is 14.5 Å². The fourth-order valence-electron chi connectivity index (χ4n) is 4.18. The quantitative estimate of drug-likeness (QED) is 0.281. The molecular weight excluding hydrogens is 466 g/mol. The summed E-state index contributed by atoms with van der Waals surface area (Å²) in [4.78, 5) is 22.8. The van der Waals surface area contributed by atoms with Gasteiger partial charge in [0, 0.05) is 23.3 Å². The van der Waals surface area contributed by atoms with Gasteiger partial charge in [-0.05, 0) is 43.8 Å². The smallest absolute Gasteiger partial charge is 0.365 e. The van der Waals surface area contributed by atoms with Crippen molar-refractivity contribution in [2.75, 3.05) is 16.6 Å². The fourth-order valence-corrected chi connectivity index (χ4v) is 5.46. The van der Waals surface area contributed by atoms with Crippen molar-refractivity contribution in [1.29, 1.82) is 0 Å². The Balaban J connectivity index is 1.79. The van der Waals surface area contributed by atoms with Gasteiger partial charge < -0.3 is 4.74 Å². The number of rotatable bonds is 5. The SMILES string of the molecule is CCOC(=O)C1=NN(c2cccc([N+](=O)[O-])c2)[C@@]2(S1)c1ccccc1C(C)=NN2c1ccccc1. The van der Waals surface area contributed by atoms with Crippen LogP contribution in [-0.4, -0.2) is 28.3 Å². The molecule has 9 nitrogen and oxygen atoms in total. The molecule has 0 fully saturated rings. The average Bonchev–Trinajstić information content (AvgIpc) is 3.28. The van der Waals surface area contributed by atoms with Crippen LogP contribution in [0, 0.1) is 10.1 Å². The van der Waals surface area contributed by atoms with Crippen molar-refractivity contribution < 1.29 is 14.5 Å². The molecule has 0 aliphatic carbocycles. The Hall–Kier alpha value is -4.18. The summed E-state index contributed by atoms with van der Waals surface area (Å²) >= 11 is 1.20. The van der Waals surface area contributed by atoms with Crippen molar-refractivity contribution in [3.8, 4) is 0 Å². The summed E-state index contributed by atoms with van der Waals surface area (Å²) in [6.07, 6.45) is 0. The normalized spacial score (nSPS) is 18.7. The third-order valence-corrected chi connectivity index (χ3v) is 6.95. The van der Waals surface area contributed by atoms with Crippen LogP contribution in [0.25, 0.3) is 0 Å². The molecule has 0 saturated carbocycles. The van der Waals surface area contributed by atoms with Gasteiger partial charge in [0.1, 0.15) is 0 Å². The lowest BCUT2D eigenvalue weighted by Gasteiger charge is -2.46. The molecule has 0 radical (unpaired) electrons. The number of non-ortho nitro benzene ring substituents is 1. The average molecular weight is 488 g/mol. The molecule has 1 spiro atoms. The van der Waals surface area contributed by atoms with Gasteiger partial charge in [0.15, 0.2) is 0 Å². The van der Waals surface area contributed by atoms with Crippen LogP contribution < -0.4 is 10.0 Å². The summed E-state index contributed by atoms with van der Waals surface area (Å²) in [7, 11) is 0. The van der Waals surface area contributed by atoms with E-state index in [9.17, 15) is 14.9 Å². The first kappa shape index (κ1) is 22.6. The van der Waals surface area contributed by atoms with Gasteiger partial charge in [0.2, 0.25) is 10.0 Å². The Morgan fingerprint density at radius 2 is 1.69 bits per heavy atom. The van der Waals surface area contributed by atoms with E-state index >= 15 is 0 Å². The standard InChI is InChI=1S/C25H21N5O4S/c1-3-34-24(31)23-27-29(19-12-9-13-20(16-19)30(32)33)25(35-23)22-15-8-7-14-21(22)17(2)26-28(25)18-10-5-4-6-11-18/h4-16H,3H2,1-2H3/t25-/m1/s1. The number of carbonyl (C=O) groups excluding carboxylic acids is 1. The minimum Gasteiger partial charge on any atom is -0.461 e. The third-order valence-electron chi connectivity index (χ3n) is 5.66. The lowest BCUT2D eigenvalue weighted by molar-refractivity contribution is -0.384. The highest BCUT2D eigenvalue weighted by molar-refractivity contribution is 8.16. The van der Waals surface area contributed by atoms with E-state index in [1.54, 1.807) is 24.1 Å². The number of ether oxygens (including phenoxy) is 1. The summed E-state index contributed by atoms with van der Waals surface area (Å²) in [5.74, 6) is -0.568. The number of nitro benzene ring substituents is 1. The zero-order valence-electron chi connectivity index (χ0n) is 19.0. The molecule has 10 heteroatoms. The molecule has 0 N–H and O–H groups in total. The number of anilines is 2. The lowest BCUT2D eigenvalue weighted by Crippen LogP contribution is -2.53. The van der Waals surface area contributed by atoms with Gasteiger partial charge in [-0.3, -0.25) is 10.1 Å². The molecule has 0 bridgehead atoms. The van der Waals surface area contributed by atoms with Crippen molar-refractivity contribution in [3.05, 3.63) is 100 Å². The largest absolute Gasteiger partial charge is 0.461 e. The minimum atomic E-state index is -1.17. The number of benzene rings is 3. The molecule has 0 amide bonds. The highest BCUT2D eigenvalue weighted by Crippen LogP contribution is 2.54. The number of nitrogens with zero attached hydrogens (tertiary/aromatic N) is 5. The molecule has 0 unspecified atom stereocenters. The van der Waals surface area contributed by atoms with Crippen LogP contribution in [0.15, 0.2) is 89.1 Å². The lowest BCUT2D eigenvalue weighted by atomic mass is 9.98. The number of para-hydroxylation sites is 1. The molecule has 35 heavy (non-hydrogen) atoms. The van der Waals surface area contributed by atoms with Crippen LogP contribution in [0.2, 0.25) is 0 Å². The van der Waals surface area contributed by atoms with Gasteiger partial charge in [0.05, 0.1) is 28.6 Å². The van der Waals surface area contributed by atoms with E-state index in [4.69, 9.17) is 9.84 Å². The zero-order valence-corrected chi connectivity index (χ0v) is 19.8. The van der Waals surface area contributed by atoms with Crippen LogP contribution in [0.4, 0.5) is 17.1 Å². The summed E-state index contributed by atoms with van der Waals surface area (Å²) in [6, 6.07) is 23.5. The molecule has 2 heterocycles. The predicted molar refractivity (Wildman–Crippen MR) is 136 cm³/mol. The van der Waals surface area contributed by atoms with E-state index < -0.39 is 15.9 Å². The van der Waals surface area contributed by atoms with Gasteiger partial charge in [-0.1, -0.05) is 48.5 Å². The van der Waals surface area contributed by atoms with Crippen molar-refractivity contribution in [3.63, 3.8) is 0 Å². The van der Waals surface area contributed by atoms with Crippen molar-refractivity contribution in [2.45, 2.75) is 18.8 Å². The topological polar surface area (TPSA) is 101 Å². The maximum absolute atomic E-state index is 12.9. The molecule has 176 valence electrons. The number of hydrazone groups is 2. The fraction of sp³-hybridized carbons (Fsp3) is 0.160. The van der Waals surface area contributed by atoms with Crippen LogP contribution >= 0.6 is 11.8 Å². The summed E-state index contributed by atoms with van der Waals surface area (Å²) in [6.45, 7) is 3.84. The number of fused-ring (bicyclic) bond motifs is 2. The first-order chi connectivity index (χ1) is 17.0. The Morgan fingerprint density at radius 3 is 2.43 bits per heavy atom. The van der Waals surface area contributed by atoms with E-state index in [2.05, 4.69) is 5.10 Å². The minimum absolute atomic E-state index is 0.0857.